The van der Waals surface area contributed by atoms with Gasteiger partial charge in [-0.3, -0.25) is 14.2 Å². The number of ether oxygens (including phenoxy) is 1. The molecule has 146 valence electrons. The van der Waals surface area contributed by atoms with E-state index in [4.69, 9.17) is 4.74 Å². The van der Waals surface area contributed by atoms with Crippen molar-refractivity contribution in [1.29, 1.82) is 0 Å². The van der Waals surface area contributed by atoms with Crippen LogP contribution in [0.4, 0.5) is 5.69 Å². The summed E-state index contributed by atoms with van der Waals surface area (Å²) in [7, 11) is 0. The van der Waals surface area contributed by atoms with Gasteiger partial charge in [0.2, 0.25) is 5.91 Å². The van der Waals surface area contributed by atoms with Gasteiger partial charge in [-0.05, 0) is 60.0 Å². The minimum atomic E-state index is -0.177. The van der Waals surface area contributed by atoms with Gasteiger partial charge in [-0.25, -0.2) is 4.98 Å². The summed E-state index contributed by atoms with van der Waals surface area (Å²) in [6, 6.07) is 16.4. The normalized spacial score (nSPS) is 10.8. The molecule has 8 heteroatoms. The lowest BCUT2D eigenvalue weighted by molar-refractivity contribution is -0.116. The number of aromatic nitrogens is 2. The summed E-state index contributed by atoms with van der Waals surface area (Å²) in [5, 5.41) is 5.24. The molecule has 2 heterocycles. The first-order chi connectivity index (χ1) is 14.1. The second-order valence-corrected chi connectivity index (χ2v) is 8.07. The number of fused-ring (bicyclic) bond motifs is 1. The van der Waals surface area contributed by atoms with Gasteiger partial charge >= 0.3 is 0 Å². The van der Waals surface area contributed by atoms with Gasteiger partial charge in [0.05, 0.1) is 11.7 Å². The van der Waals surface area contributed by atoms with Crippen LogP contribution in [0.25, 0.3) is 10.2 Å². The molecule has 4 rings (SSSR count). The molecule has 0 radical (unpaired) electrons. The summed E-state index contributed by atoms with van der Waals surface area (Å²) in [5.41, 5.74) is 0.537. The lowest BCUT2D eigenvalue weighted by atomic mass is 10.3. The van der Waals surface area contributed by atoms with E-state index in [9.17, 15) is 9.59 Å². The maximum atomic E-state index is 12.3. The minimum Gasteiger partial charge on any atom is -0.457 e. The fourth-order valence-electron chi connectivity index (χ4n) is 2.74. The molecule has 1 N–H and O–H groups in total. The Labute approximate surface area is 178 Å². The number of halogens is 1. The maximum Gasteiger partial charge on any atom is 0.262 e. The summed E-state index contributed by atoms with van der Waals surface area (Å²) in [4.78, 5) is 29.5. The zero-order chi connectivity index (χ0) is 20.2. The Hall–Kier alpha value is -2.97. The molecule has 0 unspecified atom stereocenters. The average molecular weight is 470 g/mol. The number of aryl methyl sites for hydroxylation is 1. The van der Waals surface area contributed by atoms with Crippen LogP contribution in [-0.2, 0) is 11.3 Å². The lowest BCUT2D eigenvalue weighted by Gasteiger charge is -2.09. The highest BCUT2D eigenvalue weighted by Crippen LogP contribution is 2.24. The molecule has 6 nitrogen and oxygen atoms in total. The van der Waals surface area contributed by atoms with Crippen LogP contribution in [0.1, 0.15) is 6.42 Å². The SMILES string of the molecule is O=C(CCn1cnc2sccc2c1=O)Nc1ccc(Oc2ccc(Br)cc2)cc1. The van der Waals surface area contributed by atoms with Crippen LogP contribution in [0, 0.1) is 0 Å². The van der Waals surface area contributed by atoms with E-state index in [0.29, 0.717) is 21.7 Å². The second-order valence-electron chi connectivity index (χ2n) is 6.26. The summed E-state index contributed by atoms with van der Waals surface area (Å²) < 4.78 is 8.21. The van der Waals surface area contributed by atoms with Gasteiger partial charge in [-0.1, -0.05) is 15.9 Å². The van der Waals surface area contributed by atoms with Crippen LogP contribution in [0.5, 0.6) is 11.5 Å². The van der Waals surface area contributed by atoms with E-state index in [1.807, 2.05) is 29.6 Å². The van der Waals surface area contributed by atoms with Crippen molar-refractivity contribution in [2.75, 3.05) is 5.32 Å². The topological polar surface area (TPSA) is 73.2 Å². The lowest BCUT2D eigenvalue weighted by Crippen LogP contribution is -2.23. The third-order valence-electron chi connectivity index (χ3n) is 4.22. The first-order valence-corrected chi connectivity index (χ1v) is 10.5. The molecule has 0 fully saturated rings. The molecule has 0 atom stereocenters. The van der Waals surface area contributed by atoms with E-state index < -0.39 is 0 Å². The molecule has 0 saturated carbocycles. The summed E-state index contributed by atoms with van der Waals surface area (Å²) in [6.45, 7) is 0.272. The van der Waals surface area contributed by atoms with Gasteiger partial charge in [0.25, 0.3) is 5.56 Å². The van der Waals surface area contributed by atoms with Crippen molar-refractivity contribution >= 4 is 49.1 Å². The van der Waals surface area contributed by atoms with Crippen molar-refractivity contribution in [2.24, 2.45) is 0 Å². The number of thiophene rings is 1. The fourth-order valence-corrected chi connectivity index (χ4v) is 3.73. The Morgan fingerprint density at radius 3 is 2.48 bits per heavy atom. The molecule has 0 aliphatic rings. The minimum absolute atomic E-state index is 0.126. The van der Waals surface area contributed by atoms with Gasteiger partial charge in [0.15, 0.2) is 0 Å². The number of benzene rings is 2. The van der Waals surface area contributed by atoms with Crippen molar-refractivity contribution in [1.82, 2.24) is 9.55 Å². The van der Waals surface area contributed by atoms with Gasteiger partial charge < -0.3 is 10.1 Å². The number of nitrogens with zero attached hydrogens (tertiary/aromatic N) is 2. The largest absolute Gasteiger partial charge is 0.457 e. The molecule has 0 spiro atoms. The van der Waals surface area contributed by atoms with Crippen LogP contribution in [0.15, 0.2) is 75.6 Å². The van der Waals surface area contributed by atoms with Crippen molar-refractivity contribution in [2.45, 2.75) is 13.0 Å². The number of carbonyl (C=O) groups excluding carboxylic acids is 1. The fraction of sp³-hybridized carbons (Fsp3) is 0.0952. The number of hydrogen-bond acceptors (Lipinski definition) is 5. The van der Waals surface area contributed by atoms with Gasteiger partial charge in [-0.15, -0.1) is 11.3 Å². The molecule has 0 bridgehead atoms. The Morgan fingerprint density at radius 1 is 1.07 bits per heavy atom. The van der Waals surface area contributed by atoms with Crippen LogP contribution in [0.3, 0.4) is 0 Å². The molecule has 2 aromatic heterocycles. The molecule has 0 aliphatic heterocycles. The van der Waals surface area contributed by atoms with E-state index in [1.165, 1.54) is 22.2 Å². The predicted octanol–water partition coefficient (Wildman–Crippen LogP) is 5.04. The van der Waals surface area contributed by atoms with Crippen LogP contribution in [-0.4, -0.2) is 15.5 Å². The molecule has 0 saturated heterocycles. The molecule has 29 heavy (non-hydrogen) atoms. The highest BCUT2D eigenvalue weighted by molar-refractivity contribution is 9.10. The van der Waals surface area contributed by atoms with Crippen molar-refractivity contribution in [3.8, 4) is 11.5 Å². The molecular weight excluding hydrogens is 454 g/mol. The zero-order valence-corrected chi connectivity index (χ0v) is 17.6. The Kier molecular flexibility index (Phi) is 5.73. The third kappa shape index (κ3) is 4.72. The van der Waals surface area contributed by atoms with Gasteiger partial charge in [0.1, 0.15) is 16.3 Å². The van der Waals surface area contributed by atoms with Crippen molar-refractivity contribution < 1.29 is 9.53 Å². The number of hydrogen-bond donors (Lipinski definition) is 1. The molecule has 0 aliphatic carbocycles. The Morgan fingerprint density at radius 2 is 1.76 bits per heavy atom. The maximum absolute atomic E-state index is 12.3. The smallest absolute Gasteiger partial charge is 0.262 e. The van der Waals surface area contributed by atoms with Crippen molar-refractivity contribution in [3.05, 3.63) is 81.1 Å². The number of rotatable bonds is 6. The zero-order valence-electron chi connectivity index (χ0n) is 15.2. The van der Waals surface area contributed by atoms with E-state index in [0.717, 1.165) is 10.2 Å². The standard InChI is InChI=1S/C21H16BrN3O3S/c22-14-1-5-16(6-2-14)28-17-7-3-15(4-8-17)24-19(26)9-11-25-13-23-20-18(21(25)27)10-12-29-20/h1-8,10,12-13H,9,11H2,(H,24,26). The summed E-state index contributed by atoms with van der Waals surface area (Å²) in [6.07, 6.45) is 1.66. The van der Waals surface area contributed by atoms with Gasteiger partial charge in [0, 0.05) is 23.1 Å². The first-order valence-electron chi connectivity index (χ1n) is 8.84. The number of anilines is 1. The predicted molar refractivity (Wildman–Crippen MR) is 118 cm³/mol. The van der Waals surface area contributed by atoms with E-state index in [-0.39, 0.29) is 24.4 Å². The van der Waals surface area contributed by atoms with Crippen LogP contribution < -0.4 is 15.6 Å². The van der Waals surface area contributed by atoms with E-state index in [2.05, 4.69) is 26.2 Å². The Bertz CT molecular complexity index is 1200. The van der Waals surface area contributed by atoms with Crippen LogP contribution >= 0.6 is 27.3 Å². The van der Waals surface area contributed by atoms with E-state index >= 15 is 0 Å². The summed E-state index contributed by atoms with van der Waals surface area (Å²) in [5.74, 6) is 1.22. The van der Waals surface area contributed by atoms with Crippen molar-refractivity contribution in [3.63, 3.8) is 0 Å². The second kappa shape index (κ2) is 8.59. The Balaban J connectivity index is 1.33. The molecule has 2 aromatic carbocycles. The van der Waals surface area contributed by atoms with Crippen LogP contribution in [0.2, 0.25) is 0 Å². The number of carbonyl (C=O) groups is 1. The highest BCUT2D eigenvalue weighted by Gasteiger charge is 2.08. The molecular formula is C21H16BrN3O3S. The number of nitrogens with one attached hydrogen (secondary N) is 1. The van der Waals surface area contributed by atoms with E-state index in [1.54, 1.807) is 30.3 Å². The highest BCUT2D eigenvalue weighted by atomic mass is 79.9. The monoisotopic (exact) mass is 469 g/mol. The first kappa shape index (κ1) is 19.4. The molecule has 4 aromatic rings. The number of amides is 1. The quantitative estimate of drug-likeness (QED) is 0.429. The van der Waals surface area contributed by atoms with Gasteiger partial charge in [-0.2, -0.15) is 0 Å². The average Bonchev–Trinajstić information content (AvgIpc) is 3.20. The summed E-state index contributed by atoms with van der Waals surface area (Å²) >= 11 is 4.81. The molecule has 1 amide bonds. The third-order valence-corrected chi connectivity index (χ3v) is 5.57.